The molecule has 0 aliphatic heterocycles. The Labute approximate surface area is 91.5 Å². The molecule has 1 unspecified atom stereocenters. The van der Waals surface area contributed by atoms with Crippen LogP contribution in [-0.4, -0.2) is 18.8 Å². The zero-order valence-corrected chi connectivity index (χ0v) is 12.3. The predicted molar refractivity (Wildman–Crippen MR) is 70.5 cm³/mol. The summed E-state index contributed by atoms with van der Waals surface area (Å²) in [6.45, 7) is 0. The van der Waals surface area contributed by atoms with Crippen LogP contribution in [-0.2, 0) is 0 Å². The van der Waals surface area contributed by atoms with E-state index in [1.54, 1.807) is 11.1 Å². The molecule has 2 heteroatoms. The lowest BCUT2D eigenvalue weighted by atomic mass is 10.0. The van der Waals surface area contributed by atoms with Gasteiger partial charge in [0.2, 0.25) is 0 Å². The Morgan fingerprint density at radius 1 is 1.21 bits per heavy atom. The number of hydrogen-bond acceptors (Lipinski definition) is 0. The van der Waals surface area contributed by atoms with Crippen LogP contribution in [0, 0.1) is 0 Å². The van der Waals surface area contributed by atoms with Gasteiger partial charge in [-0.3, -0.25) is 0 Å². The molecule has 2 rings (SSSR count). The smallest absolute Gasteiger partial charge is 0.0134 e. The van der Waals surface area contributed by atoms with Crippen LogP contribution in [0.4, 0.5) is 0 Å². The van der Waals surface area contributed by atoms with Gasteiger partial charge in [-0.2, -0.15) is 0 Å². The molecule has 74 valence electrons. The van der Waals surface area contributed by atoms with Gasteiger partial charge in [-0.25, -0.2) is 0 Å². The zero-order chi connectivity index (χ0) is 9.80. The molecule has 0 N–H and O–H groups in total. The molecule has 0 spiro atoms. The Balaban J connectivity index is 1.93. The molecule has 0 aromatic rings. The van der Waals surface area contributed by atoms with E-state index in [0.29, 0.717) is 0 Å². The third-order valence-corrected chi connectivity index (χ3v) is 7.93. The summed E-state index contributed by atoms with van der Waals surface area (Å²) in [5, 5.41) is 0. The van der Waals surface area contributed by atoms with Gasteiger partial charge in [0.1, 0.15) is 0 Å². The van der Waals surface area contributed by atoms with Gasteiger partial charge in [0.15, 0.2) is 0 Å². The third kappa shape index (κ3) is 2.25. The molecular formula is C12H18Si2. The number of rotatable bonds is 4. The molecule has 0 saturated heterocycles. The summed E-state index contributed by atoms with van der Waals surface area (Å²) in [7, 11) is 1.69. The van der Waals surface area contributed by atoms with E-state index in [-0.39, 0.29) is 9.04 Å². The summed E-state index contributed by atoms with van der Waals surface area (Å²) < 4.78 is 0. The molecule has 0 nitrogen and oxygen atoms in total. The average Bonchev–Trinajstić information content (AvgIpc) is 2.86. The van der Waals surface area contributed by atoms with E-state index >= 15 is 0 Å². The van der Waals surface area contributed by atoms with Crippen molar-refractivity contribution in [3.63, 3.8) is 0 Å². The Bertz CT molecular complexity index is 321. The van der Waals surface area contributed by atoms with Crippen LogP contribution >= 0.6 is 0 Å². The second-order valence-electron chi connectivity index (χ2n) is 4.14. The van der Waals surface area contributed by atoms with Crippen LogP contribution in [0.5, 0.6) is 0 Å². The van der Waals surface area contributed by atoms with Crippen LogP contribution in [0.15, 0.2) is 47.6 Å². The van der Waals surface area contributed by atoms with Crippen molar-refractivity contribution in [2.24, 2.45) is 0 Å². The van der Waals surface area contributed by atoms with Crippen molar-refractivity contribution in [1.29, 1.82) is 0 Å². The Hall–Kier alpha value is -0.606. The van der Waals surface area contributed by atoms with Crippen molar-refractivity contribution in [2.75, 3.05) is 0 Å². The number of hydrogen-bond donors (Lipinski definition) is 0. The van der Waals surface area contributed by atoms with E-state index < -0.39 is 0 Å². The van der Waals surface area contributed by atoms with E-state index in [0.717, 1.165) is 5.54 Å². The van der Waals surface area contributed by atoms with Crippen molar-refractivity contribution in [1.82, 2.24) is 0 Å². The summed E-state index contributed by atoms with van der Waals surface area (Å²) in [5.74, 6) is 0. The van der Waals surface area contributed by atoms with E-state index in [1.165, 1.54) is 29.0 Å². The molecule has 0 bridgehead atoms. The fourth-order valence-corrected chi connectivity index (χ4v) is 6.19. The fraction of sp³-hybridized carbons (Fsp3) is 0.333. The molecule has 0 aromatic heterocycles. The lowest BCUT2D eigenvalue weighted by Gasteiger charge is -2.16. The van der Waals surface area contributed by atoms with Crippen molar-refractivity contribution in [2.45, 2.75) is 24.8 Å². The highest BCUT2D eigenvalue weighted by Crippen LogP contribution is 2.32. The lowest BCUT2D eigenvalue weighted by Crippen LogP contribution is -2.07. The summed E-state index contributed by atoms with van der Waals surface area (Å²) in [6, 6.07) is 0. The highest BCUT2D eigenvalue weighted by molar-refractivity contribution is 6.90. The second-order valence-corrected chi connectivity index (χ2v) is 8.39. The van der Waals surface area contributed by atoms with Gasteiger partial charge in [-0.05, 0) is 34.6 Å². The molecule has 2 aliphatic carbocycles. The second kappa shape index (κ2) is 4.76. The molecule has 14 heavy (non-hydrogen) atoms. The lowest BCUT2D eigenvalue weighted by molar-refractivity contribution is 0.881. The maximum atomic E-state index is 2.36. The molecule has 0 amide bonds. The molecular weight excluding hydrogens is 200 g/mol. The standard InChI is InChI=1S/C12H18Si2/c13-14-12(11-7-3-4-8-11)9-10-5-1-2-6-10/h1-5,7,12H,6,8-9,14H2,13H3. The van der Waals surface area contributed by atoms with E-state index in [2.05, 4.69) is 36.5 Å². The summed E-state index contributed by atoms with van der Waals surface area (Å²) in [4.78, 5) is 0. The molecule has 0 aromatic carbocycles. The van der Waals surface area contributed by atoms with Crippen molar-refractivity contribution in [3.8, 4) is 0 Å². The molecule has 0 radical (unpaired) electrons. The Morgan fingerprint density at radius 3 is 2.57 bits per heavy atom. The van der Waals surface area contributed by atoms with Crippen molar-refractivity contribution in [3.05, 3.63) is 47.6 Å². The largest absolute Gasteiger partial charge is 0.0805 e. The van der Waals surface area contributed by atoms with Crippen LogP contribution in [0.2, 0.25) is 5.54 Å². The summed E-state index contributed by atoms with van der Waals surface area (Å²) in [6.07, 6.45) is 17.5. The first-order chi connectivity index (χ1) is 6.90. The first kappa shape index (κ1) is 9.93. The highest BCUT2D eigenvalue weighted by Gasteiger charge is 2.15. The highest BCUT2D eigenvalue weighted by atomic mass is 29.1. The van der Waals surface area contributed by atoms with Gasteiger partial charge >= 0.3 is 0 Å². The quantitative estimate of drug-likeness (QED) is 0.626. The Kier molecular flexibility index (Phi) is 3.37. The van der Waals surface area contributed by atoms with Gasteiger partial charge in [-0.1, -0.05) is 47.6 Å². The normalized spacial score (nSPS) is 22.3. The van der Waals surface area contributed by atoms with Gasteiger partial charge in [-0.15, -0.1) is 0 Å². The van der Waals surface area contributed by atoms with Gasteiger partial charge < -0.3 is 0 Å². The van der Waals surface area contributed by atoms with Gasteiger partial charge in [0.25, 0.3) is 0 Å². The Morgan fingerprint density at radius 2 is 2.00 bits per heavy atom. The third-order valence-electron chi connectivity index (χ3n) is 3.17. The fourth-order valence-electron chi connectivity index (χ4n) is 2.26. The SMILES string of the molecule is [SiH3][SiH2]C(CC1=CC=CC1)C1=CC=CC1. The van der Waals surface area contributed by atoms with E-state index in [9.17, 15) is 0 Å². The summed E-state index contributed by atoms with van der Waals surface area (Å²) in [5.41, 5.74) is 4.36. The first-order valence-corrected chi connectivity index (χ1v) is 12.1. The van der Waals surface area contributed by atoms with Crippen molar-refractivity contribution >= 4 is 18.8 Å². The molecule has 2 aliphatic rings. The van der Waals surface area contributed by atoms with E-state index in [4.69, 9.17) is 0 Å². The maximum Gasteiger partial charge on any atom is 0.0134 e. The minimum Gasteiger partial charge on any atom is -0.0805 e. The van der Waals surface area contributed by atoms with Crippen LogP contribution in [0.25, 0.3) is 0 Å². The van der Waals surface area contributed by atoms with Crippen LogP contribution in [0.3, 0.4) is 0 Å². The van der Waals surface area contributed by atoms with Crippen molar-refractivity contribution < 1.29 is 0 Å². The van der Waals surface area contributed by atoms with Gasteiger partial charge in [0, 0.05) is 9.04 Å². The van der Waals surface area contributed by atoms with E-state index in [1.807, 2.05) is 0 Å². The monoisotopic (exact) mass is 218 g/mol. The topological polar surface area (TPSA) is 0 Å². The zero-order valence-electron chi connectivity index (χ0n) is 8.87. The molecule has 0 heterocycles. The molecule has 0 fully saturated rings. The minimum atomic E-state index is 0.227. The molecule has 0 saturated carbocycles. The molecule has 1 atom stereocenters. The van der Waals surface area contributed by atoms with Crippen LogP contribution < -0.4 is 0 Å². The maximum absolute atomic E-state index is 2.36. The summed E-state index contributed by atoms with van der Waals surface area (Å²) >= 11 is 0. The van der Waals surface area contributed by atoms with Crippen LogP contribution in [0.1, 0.15) is 19.3 Å². The predicted octanol–water partition coefficient (Wildman–Crippen LogP) is 1.39. The average molecular weight is 218 g/mol. The first-order valence-electron chi connectivity index (χ1n) is 5.60. The van der Waals surface area contributed by atoms with Gasteiger partial charge in [0.05, 0.1) is 0 Å². The number of allylic oxidation sites excluding steroid dienone is 8. The minimum absolute atomic E-state index is 0.227.